The van der Waals surface area contributed by atoms with E-state index in [-0.39, 0.29) is 0 Å². The van der Waals surface area contributed by atoms with Crippen molar-refractivity contribution in [1.29, 1.82) is 0 Å². The van der Waals surface area contributed by atoms with Gasteiger partial charge in [0.1, 0.15) is 0 Å². The van der Waals surface area contributed by atoms with Crippen LogP contribution in [0.2, 0.25) is 0 Å². The second-order valence-electron chi connectivity index (χ2n) is 1.89. The van der Waals surface area contributed by atoms with E-state index in [0.717, 1.165) is 6.08 Å². The summed E-state index contributed by atoms with van der Waals surface area (Å²) in [5.41, 5.74) is 0.697. The number of carboxylic acid groups (broad SMARTS) is 1. The fraction of sp³-hybridized carbons (Fsp3) is 0.333. The van der Waals surface area contributed by atoms with Gasteiger partial charge in [-0.3, -0.25) is 4.79 Å². The van der Waals surface area contributed by atoms with Gasteiger partial charge in [-0.15, -0.1) is 0 Å². The molecule has 3 heteroatoms. The van der Waals surface area contributed by atoms with Gasteiger partial charge in [0, 0.05) is 0 Å². The Morgan fingerprint density at radius 3 is 1.89 bits per heavy atom. The van der Waals surface area contributed by atoms with Crippen molar-refractivity contribution >= 4 is 11.8 Å². The van der Waals surface area contributed by atoms with Gasteiger partial charge in [-0.25, -0.2) is 4.79 Å². The van der Waals surface area contributed by atoms with Gasteiger partial charge in [0.2, 0.25) is 0 Å². The lowest BCUT2D eigenvalue weighted by Crippen LogP contribution is -2.08. The summed E-state index contributed by atoms with van der Waals surface area (Å²) in [6, 6.07) is 0. The Morgan fingerprint density at radius 2 is 1.78 bits per heavy atom. The molecule has 50 valence electrons. The Bertz CT molecular complexity index is 163. The molecule has 0 rings (SSSR count). The number of hydrogen-bond acceptors (Lipinski definition) is 2. The first-order chi connectivity index (χ1) is 4.04. The second kappa shape index (κ2) is 3.02. The molecule has 0 radical (unpaired) electrons. The Hall–Kier alpha value is -1.12. The minimum absolute atomic E-state index is 0.697. The summed E-state index contributed by atoms with van der Waals surface area (Å²) in [6.07, 6.45) is 1.09. The molecule has 0 saturated heterocycles. The van der Waals surface area contributed by atoms with Gasteiger partial charge in [-0.1, -0.05) is 5.57 Å². The molecule has 0 unspecified atom stereocenters. The van der Waals surface area contributed by atoms with Crippen molar-refractivity contribution in [3.63, 3.8) is 0 Å². The van der Waals surface area contributed by atoms with Crippen LogP contribution in [0, 0.1) is 0 Å². The molecule has 3 nitrogen and oxygen atoms in total. The third-order valence-electron chi connectivity index (χ3n) is 0.631. The highest BCUT2D eigenvalue weighted by atomic mass is 16.4. The minimum Gasteiger partial charge on any atom is -0.475 e. The highest BCUT2D eigenvalue weighted by molar-refractivity contribution is 6.37. The SMILES string of the molecule is CC(C)=CC(=O)C(=O)O. The average molecular weight is 128 g/mol. The summed E-state index contributed by atoms with van der Waals surface area (Å²) in [6.45, 7) is 3.34. The number of rotatable bonds is 2. The first-order valence-corrected chi connectivity index (χ1v) is 2.46. The molecule has 0 bridgehead atoms. The summed E-state index contributed by atoms with van der Waals surface area (Å²) in [7, 11) is 0. The molecular formula is C6H8O3. The van der Waals surface area contributed by atoms with Crippen LogP contribution in [0.25, 0.3) is 0 Å². The van der Waals surface area contributed by atoms with Crippen LogP contribution in [-0.2, 0) is 9.59 Å². The zero-order chi connectivity index (χ0) is 7.44. The smallest absolute Gasteiger partial charge is 0.376 e. The van der Waals surface area contributed by atoms with Gasteiger partial charge in [-0.2, -0.15) is 0 Å². The quantitative estimate of drug-likeness (QED) is 0.437. The molecular weight excluding hydrogens is 120 g/mol. The molecule has 0 amide bonds. The van der Waals surface area contributed by atoms with Gasteiger partial charge in [0.05, 0.1) is 0 Å². The molecule has 0 aromatic heterocycles. The maximum absolute atomic E-state index is 10.3. The molecule has 0 atom stereocenters. The first-order valence-electron chi connectivity index (χ1n) is 2.46. The molecule has 0 aliphatic heterocycles. The lowest BCUT2D eigenvalue weighted by Gasteiger charge is -1.84. The molecule has 0 aromatic carbocycles. The number of aliphatic carboxylic acids is 1. The fourth-order valence-electron chi connectivity index (χ4n) is 0.324. The van der Waals surface area contributed by atoms with E-state index in [9.17, 15) is 9.59 Å². The van der Waals surface area contributed by atoms with Crippen molar-refractivity contribution in [2.24, 2.45) is 0 Å². The fourth-order valence-corrected chi connectivity index (χ4v) is 0.324. The van der Waals surface area contributed by atoms with Crippen LogP contribution in [0.5, 0.6) is 0 Å². The second-order valence-corrected chi connectivity index (χ2v) is 1.89. The molecule has 0 heterocycles. The highest BCUT2D eigenvalue weighted by Gasteiger charge is 2.05. The van der Waals surface area contributed by atoms with Gasteiger partial charge in [0.15, 0.2) is 0 Å². The predicted octanol–water partition coefficient (Wildman–Crippen LogP) is 0.606. The number of hydrogen-bond donors (Lipinski definition) is 1. The molecule has 1 N–H and O–H groups in total. The summed E-state index contributed by atoms with van der Waals surface area (Å²) in [5, 5.41) is 8.04. The number of carboxylic acids is 1. The zero-order valence-electron chi connectivity index (χ0n) is 5.34. The average Bonchev–Trinajstić information content (AvgIpc) is 1.63. The number of allylic oxidation sites excluding steroid dienone is 1. The monoisotopic (exact) mass is 128 g/mol. The maximum atomic E-state index is 10.3. The molecule has 0 saturated carbocycles. The topological polar surface area (TPSA) is 54.4 Å². The molecule has 0 aliphatic carbocycles. The summed E-state index contributed by atoms with van der Waals surface area (Å²) in [4.78, 5) is 20.1. The van der Waals surface area contributed by atoms with E-state index < -0.39 is 11.8 Å². The molecule has 9 heavy (non-hydrogen) atoms. The number of ketones is 1. The first kappa shape index (κ1) is 7.88. The number of carbonyl (C=O) groups excluding carboxylic acids is 1. The normalized spacial score (nSPS) is 8.22. The van der Waals surface area contributed by atoms with E-state index in [1.807, 2.05) is 0 Å². The van der Waals surface area contributed by atoms with Gasteiger partial charge < -0.3 is 5.11 Å². The van der Waals surface area contributed by atoms with Crippen molar-refractivity contribution in [1.82, 2.24) is 0 Å². The van der Waals surface area contributed by atoms with Crippen LogP contribution in [-0.4, -0.2) is 16.9 Å². The third kappa shape index (κ3) is 3.46. The molecule has 0 aliphatic rings. The Kier molecular flexibility index (Phi) is 2.64. The van der Waals surface area contributed by atoms with Gasteiger partial charge >= 0.3 is 5.97 Å². The third-order valence-corrected chi connectivity index (χ3v) is 0.631. The van der Waals surface area contributed by atoms with Crippen LogP contribution in [0.3, 0.4) is 0 Å². The van der Waals surface area contributed by atoms with Gasteiger partial charge in [-0.05, 0) is 19.9 Å². The molecule has 0 aromatic rings. The lowest BCUT2D eigenvalue weighted by atomic mass is 10.2. The lowest BCUT2D eigenvalue weighted by molar-refractivity contribution is -0.146. The van der Waals surface area contributed by atoms with Crippen LogP contribution >= 0.6 is 0 Å². The zero-order valence-corrected chi connectivity index (χ0v) is 5.34. The Balaban J connectivity index is 4.09. The van der Waals surface area contributed by atoms with E-state index in [4.69, 9.17) is 5.11 Å². The van der Waals surface area contributed by atoms with E-state index in [1.165, 1.54) is 0 Å². The van der Waals surface area contributed by atoms with Crippen LogP contribution in [0.1, 0.15) is 13.8 Å². The van der Waals surface area contributed by atoms with Crippen molar-refractivity contribution in [2.45, 2.75) is 13.8 Å². The summed E-state index contributed by atoms with van der Waals surface area (Å²) >= 11 is 0. The molecule has 0 spiro atoms. The van der Waals surface area contributed by atoms with E-state index in [0.29, 0.717) is 5.57 Å². The van der Waals surface area contributed by atoms with Crippen molar-refractivity contribution in [3.05, 3.63) is 11.6 Å². The minimum atomic E-state index is -1.41. The van der Waals surface area contributed by atoms with Crippen molar-refractivity contribution in [2.75, 3.05) is 0 Å². The van der Waals surface area contributed by atoms with Crippen LogP contribution < -0.4 is 0 Å². The van der Waals surface area contributed by atoms with E-state index in [1.54, 1.807) is 13.8 Å². The standard InChI is InChI=1S/C6H8O3/c1-4(2)3-5(7)6(8)9/h3H,1-2H3,(H,8,9). The maximum Gasteiger partial charge on any atom is 0.376 e. The van der Waals surface area contributed by atoms with E-state index in [2.05, 4.69) is 0 Å². The largest absolute Gasteiger partial charge is 0.475 e. The van der Waals surface area contributed by atoms with E-state index >= 15 is 0 Å². The van der Waals surface area contributed by atoms with Crippen molar-refractivity contribution in [3.8, 4) is 0 Å². The highest BCUT2D eigenvalue weighted by Crippen LogP contribution is 1.88. The molecule has 0 fully saturated rings. The number of carbonyl (C=O) groups is 2. The Morgan fingerprint density at radius 1 is 1.33 bits per heavy atom. The van der Waals surface area contributed by atoms with Crippen LogP contribution in [0.4, 0.5) is 0 Å². The summed E-state index contributed by atoms with van der Waals surface area (Å²) in [5.74, 6) is -2.27. The van der Waals surface area contributed by atoms with Gasteiger partial charge in [0.25, 0.3) is 5.78 Å². The Labute approximate surface area is 53.0 Å². The van der Waals surface area contributed by atoms with Crippen molar-refractivity contribution < 1.29 is 14.7 Å². The van der Waals surface area contributed by atoms with Crippen LogP contribution in [0.15, 0.2) is 11.6 Å². The predicted molar refractivity (Wildman–Crippen MR) is 32.1 cm³/mol. The summed E-state index contributed by atoms with van der Waals surface area (Å²) < 4.78 is 0.